The fourth-order valence-corrected chi connectivity index (χ4v) is 1.62. The number of nitrogens with zero attached hydrogens (tertiary/aromatic N) is 3. The minimum Gasteiger partial charge on any atom is -0.355 e. The van der Waals surface area contributed by atoms with Gasteiger partial charge in [0, 0.05) is 26.0 Å². The first-order valence-corrected chi connectivity index (χ1v) is 6.27. The zero-order valence-corrected chi connectivity index (χ0v) is 11.4. The van der Waals surface area contributed by atoms with Crippen LogP contribution in [-0.2, 0) is 9.59 Å². The van der Waals surface area contributed by atoms with Gasteiger partial charge in [-0.25, -0.2) is 0 Å². The van der Waals surface area contributed by atoms with Crippen LogP contribution in [0.1, 0.15) is 19.4 Å². The van der Waals surface area contributed by atoms with E-state index in [0.717, 1.165) is 6.42 Å². The molecule has 3 N–H and O–H groups in total. The summed E-state index contributed by atoms with van der Waals surface area (Å²) in [6.45, 7) is 2.85. The third kappa shape index (κ3) is 4.70. The molecule has 106 valence electrons. The molecule has 7 nitrogen and oxygen atoms in total. The molecule has 0 fully saturated rings. The molecule has 0 saturated carbocycles. The van der Waals surface area contributed by atoms with Crippen molar-refractivity contribution in [2.75, 3.05) is 26.7 Å². The summed E-state index contributed by atoms with van der Waals surface area (Å²) in [7, 11) is 1.60. The molecule has 0 saturated heterocycles. The monoisotopic (exact) mass is 267 g/mol. The highest BCUT2D eigenvalue weighted by Crippen LogP contribution is 2.06. The molecule has 0 aliphatic rings. The van der Waals surface area contributed by atoms with Gasteiger partial charge in [-0.05, 0) is 26.0 Å². The summed E-state index contributed by atoms with van der Waals surface area (Å²) in [5.41, 5.74) is 5.33. The van der Waals surface area contributed by atoms with Gasteiger partial charge < -0.3 is 16.0 Å². The van der Waals surface area contributed by atoms with Crippen molar-refractivity contribution in [2.45, 2.75) is 19.4 Å². The quantitative estimate of drug-likeness (QED) is 0.643. The van der Waals surface area contributed by atoms with Gasteiger partial charge in [0.2, 0.25) is 11.8 Å². The lowest BCUT2D eigenvalue weighted by atomic mass is 10.3. The predicted octanol–water partition coefficient (Wildman–Crippen LogP) is -0.632. The summed E-state index contributed by atoms with van der Waals surface area (Å²) < 4.78 is 1.56. The predicted molar refractivity (Wildman–Crippen MR) is 71.3 cm³/mol. The number of likely N-dealkylation sites (N-methyl/N-ethyl adjacent to an activating group) is 1. The molecule has 1 unspecified atom stereocenters. The molecular weight excluding hydrogens is 246 g/mol. The van der Waals surface area contributed by atoms with Crippen LogP contribution in [0.4, 0.5) is 0 Å². The van der Waals surface area contributed by atoms with Gasteiger partial charge in [0.1, 0.15) is 6.04 Å². The number of hydrogen-bond acceptors (Lipinski definition) is 4. The van der Waals surface area contributed by atoms with Gasteiger partial charge in [-0.2, -0.15) is 5.10 Å². The molecular formula is C12H21N5O2. The maximum atomic E-state index is 12.1. The third-order valence-corrected chi connectivity index (χ3v) is 2.74. The maximum absolute atomic E-state index is 12.1. The van der Waals surface area contributed by atoms with E-state index in [2.05, 4.69) is 10.4 Å². The summed E-state index contributed by atoms with van der Waals surface area (Å²) in [4.78, 5) is 25.0. The Labute approximate surface area is 112 Å². The van der Waals surface area contributed by atoms with Gasteiger partial charge in [0.15, 0.2) is 0 Å². The minimum atomic E-state index is -0.420. The molecule has 0 bridgehead atoms. The molecule has 1 aromatic heterocycles. The van der Waals surface area contributed by atoms with Crippen molar-refractivity contribution in [1.82, 2.24) is 20.0 Å². The Morgan fingerprint density at radius 3 is 2.84 bits per heavy atom. The molecule has 0 aliphatic heterocycles. The number of nitrogens with one attached hydrogen (secondary N) is 1. The molecule has 19 heavy (non-hydrogen) atoms. The largest absolute Gasteiger partial charge is 0.355 e. The number of carbonyl (C=O) groups is 2. The van der Waals surface area contributed by atoms with Crippen molar-refractivity contribution in [2.24, 2.45) is 5.73 Å². The van der Waals surface area contributed by atoms with Gasteiger partial charge >= 0.3 is 0 Å². The van der Waals surface area contributed by atoms with Crippen LogP contribution >= 0.6 is 0 Å². The van der Waals surface area contributed by atoms with E-state index in [9.17, 15) is 9.59 Å². The highest BCUT2D eigenvalue weighted by molar-refractivity contribution is 5.86. The molecule has 7 heteroatoms. The fraction of sp³-hybridized carbons (Fsp3) is 0.583. The van der Waals surface area contributed by atoms with Gasteiger partial charge in [0.25, 0.3) is 0 Å². The smallest absolute Gasteiger partial charge is 0.247 e. The lowest BCUT2D eigenvalue weighted by Gasteiger charge is -2.21. The van der Waals surface area contributed by atoms with Gasteiger partial charge in [-0.1, -0.05) is 0 Å². The van der Waals surface area contributed by atoms with Crippen molar-refractivity contribution in [3.8, 4) is 0 Å². The van der Waals surface area contributed by atoms with Crippen molar-refractivity contribution in [3.63, 3.8) is 0 Å². The Morgan fingerprint density at radius 2 is 2.26 bits per heavy atom. The zero-order chi connectivity index (χ0) is 14.3. The Bertz CT molecular complexity index is 404. The highest BCUT2D eigenvalue weighted by Gasteiger charge is 2.20. The summed E-state index contributed by atoms with van der Waals surface area (Å²) in [6.07, 6.45) is 4.06. The normalized spacial score (nSPS) is 11.9. The second kappa shape index (κ2) is 7.52. The summed E-state index contributed by atoms with van der Waals surface area (Å²) in [5.74, 6) is -0.338. The van der Waals surface area contributed by atoms with Crippen LogP contribution in [0.5, 0.6) is 0 Å². The molecule has 0 spiro atoms. The zero-order valence-electron chi connectivity index (χ0n) is 11.4. The molecule has 0 aliphatic carbocycles. The van der Waals surface area contributed by atoms with Crippen molar-refractivity contribution >= 4 is 11.8 Å². The van der Waals surface area contributed by atoms with E-state index >= 15 is 0 Å². The average Bonchev–Trinajstić information content (AvgIpc) is 2.91. The van der Waals surface area contributed by atoms with Crippen molar-refractivity contribution < 1.29 is 9.59 Å². The summed E-state index contributed by atoms with van der Waals surface area (Å²) in [6, 6.07) is 1.33. The second-order valence-corrected chi connectivity index (χ2v) is 4.35. The highest BCUT2D eigenvalue weighted by atomic mass is 16.2. The lowest BCUT2D eigenvalue weighted by Crippen LogP contribution is -2.41. The fourth-order valence-electron chi connectivity index (χ4n) is 1.62. The minimum absolute atomic E-state index is 0.0367. The number of rotatable bonds is 7. The molecule has 1 heterocycles. The number of nitrogens with two attached hydrogens (primary N) is 1. The van der Waals surface area contributed by atoms with E-state index in [1.165, 1.54) is 4.90 Å². The summed E-state index contributed by atoms with van der Waals surface area (Å²) >= 11 is 0. The summed E-state index contributed by atoms with van der Waals surface area (Å²) in [5, 5.41) is 6.72. The number of aromatic nitrogens is 2. The second-order valence-electron chi connectivity index (χ2n) is 4.35. The lowest BCUT2D eigenvalue weighted by molar-refractivity contribution is -0.137. The van der Waals surface area contributed by atoms with Crippen LogP contribution < -0.4 is 11.1 Å². The third-order valence-electron chi connectivity index (χ3n) is 2.74. The van der Waals surface area contributed by atoms with E-state index in [1.54, 1.807) is 37.1 Å². The van der Waals surface area contributed by atoms with E-state index < -0.39 is 6.04 Å². The molecule has 0 aromatic carbocycles. The standard InChI is InChI=1S/C12H21N5O2/c1-10(17-8-4-7-15-17)12(19)16(2)9-11(18)14-6-3-5-13/h4,7-8,10H,3,5-6,9,13H2,1-2H3,(H,14,18). The Balaban J connectivity index is 2.42. The first kappa shape index (κ1) is 15.2. The molecule has 1 rings (SSSR count). The van der Waals surface area contributed by atoms with Gasteiger partial charge in [-0.3, -0.25) is 14.3 Å². The number of hydrogen-bond donors (Lipinski definition) is 2. The van der Waals surface area contributed by atoms with E-state index in [0.29, 0.717) is 13.1 Å². The first-order chi connectivity index (χ1) is 9.06. The molecule has 0 radical (unpaired) electrons. The SMILES string of the molecule is CC(C(=O)N(C)CC(=O)NCCCN)n1cccn1. The Hall–Kier alpha value is -1.89. The molecule has 2 amide bonds. The van der Waals surface area contributed by atoms with Crippen molar-refractivity contribution in [1.29, 1.82) is 0 Å². The van der Waals surface area contributed by atoms with E-state index in [-0.39, 0.29) is 18.4 Å². The van der Waals surface area contributed by atoms with E-state index in [1.807, 2.05) is 0 Å². The van der Waals surface area contributed by atoms with Crippen LogP contribution in [0.3, 0.4) is 0 Å². The Kier molecular flexibility index (Phi) is 6.01. The Morgan fingerprint density at radius 1 is 1.53 bits per heavy atom. The topological polar surface area (TPSA) is 93.3 Å². The van der Waals surface area contributed by atoms with Crippen molar-refractivity contribution in [3.05, 3.63) is 18.5 Å². The molecule has 1 atom stereocenters. The maximum Gasteiger partial charge on any atom is 0.247 e. The number of carbonyl (C=O) groups excluding carboxylic acids is 2. The van der Waals surface area contributed by atoms with Crippen LogP contribution in [0, 0.1) is 0 Å². The van der Waals surface area contributed by atoms with Crippen LogP contribution in [0.25, 0.3) is 0 Å². The first-order valence-electron chi connectivity index (χ1n) is 6.27. The average molecular weight is 267 g/mol. The van der Waals surface area contributed by atoms with Crippen LogP contribution in [0.2, 0.25) is 0 Å². The van der Waals surface area contributed by atoms with Crippen LogP contribution in [-0.4, -0.2) is 53.2 Å². The van der Waals surface area contributed by atoms with Gasteiger partial charge in [-0.15, -0.1) is 0 Å². The van der Waals surface area contributed by atoms with Gasteiger partial charge in [0.05, 0.1) is 6.54 Å². The number of amides is 2. The molecule has 1 aromatic rings. The van der Waals surface area contributed by atoms with E-state index in [4.69, 9.17) is 5.73 Å². The van der Waals surface area contributed by atoms with Crippen LogP contribution in [0.15, 0.2) is 18.5 Å².